The first-order chi connectivity index (χ1) is 9.50. The molecular weight excluding hydrogens is 265 g/mol. The molecule has 0 aliphatic carbocycles. The summed E-state index contributed by atoms with van der Waals surface area (Å²) < 4.78 is 39.4. The van der Waals surface area contributed by atoms with Crippen molar-refractivity contribution in [3.05, 3.63) is 29.3 Å². The molecule has 1 aromatic carbocycles. The standard InChI is InChI=1S/C15H19F3N2/c16-15(17,18)14-8-13(5-4-10(14)9-19)20-11-2-1-3-12(20)7-6-11/h4-5,8,11-12H,1-3,6-7,9,19H2. The van der Waals surface area contributed by atoms with Gasteiger partial charge in [0, 0.05) is 24.3 Å². The molecule has 2 unspecified atom stereocenters. The summed E-state index contributed by atoms with van der Waals surface area (Å²) in [6.45, 7) is -0.0814. The molecule has 2 atom stereocenters. The van der Waals surface area contributed by atoms with E-state index < -0.39 is 11.7 Å². The molecule has 1 aromatic rings. The van der Waals surface area contributed by atoms with Gasteiger partial charge in [-0.3, -0.25) is 0 Å². The van der Waals surface area contributed by atoms with Gasteiger partial charge < -0.3 is 10.6 Å². The highest BCUT2D eigenvalue weighted by Crippen LogP contribution is 2.41. The number of nitrogens with two attached hydrogens (primary N) is 1. The van der Waals surface area contributed by atoms with Crippen LogP contribution in [0.1, 0.15) is 43.2 Å². The van der Waals surface area contributed by atoms with Crippen LogP contribution in [0, 0.1) is 0 Å². The van der Waals surface area contributed by atoms with Gasteiger partial charge in [-0.1, -0.05) is 6.07 Å². The zero-order valence-corrected chi connectivity index (χ0v) is 11.3. The molecule has 2 N–H and O–H groups in total. The van der Waals surface area contributed by atoms with Crippen LogP contribution in [0.5, 0.6) is 0 Å². The Morgan fingerprint density at radius 3 is 2.30 bits per heavy atom. The molecule has 110 valence electrons. The lowest BCUT2D eigenvalue weighted by Crippen LogP contribution is -2.39. The van der Waals surface area contributed by atoms with Gasteiger partial charge in [0.2, 0.25) is 0 Å². The van der Waals surface area contributed by atoms with Gasteiger partial charge in [-0.15, -0.1) is 0 Å². The van der Waals surface area contributed by atoms with Crippen LogP contribution < -0.4 is 10.6 Å². The summed E-state index contributed by atoms with van der Waals surface area (Å²) in [6.07, 6.45) is 1.25. The number of benzene rings is 1. The van der Waals surface area contributed by atoms with E-state index in [1.165, 1.54) is 18.6 Å². The summed E-state index contributed by atoms with van der Waals surface area (Å²) in [4.78, 5) is 2.21. The molecule has 2 heterocycles. The molecule has 0 radical (unpaired) electrons. The van der Waals surface area contributed by atoms with Crippen LogP contribution in [0.25, 0.3) is 0 Å². The Morgan fingerprint density at radius 1 is 1.10 bits per heavy atom. The van der Waals surface area contributed by atoms with Crippen molar-refractivity contribution in [1.29, 1.82) is 0 Å². The maximum Gasteiger partial charge on any atom is 0.416 e. The van der Waals surface area contributed by atoms with Crippen LogP contribution >= 0.6 is 0 Å². The Hall–Kier alpha value is -1.23. The molecule has 2 saturated heterocycles. The molecular formula is C15H19F3N2. The first-order valence-electron chi connectivity index (χ1n) is 7.19. The molecule has 2 aliphatic rings. The number of alkyl halides is 3. The third kappa shape index (κ3) is 2.28. The summed E-state index contributed by atoms with van der Waals surface area (Å²) in [7, 11) is 0. The van der Waals surface area contributed by atoms with E-state index in [0.717, 1.165) is 25.7 Å². The van der Waals surface area contributed by atoms with E-state index >= 15 is 0 Å². The molecule has 2 fully saturated rings. The van der Waals surface area contributed by atoms with E-state index in [1.807, 2.05) is 0 Å². The van der Waals surface area contributed by atoms with Crippen molar-refractivity contribution >= 4 is 5.69 Å². The third-order valence-corrected chi connectivity index (χ3v) is 4.61. The van der Waals surface area contributed by atoms with Crippen molar-refractivity contribution in [3.8, 4) is 0 Å². The minimum absolute atomic E-state index is 0.0814. The Morgan fingerprint density at radius 2 is 1.75 bits per heavy atom. The molecule has 0 spiro atoms. The van der Waals surface area contributed by atoms with E-state index in [9.17, 15) is 13.2 Å². The average molecular weight is 284 g/mol. The van der Waals surface area contributed by atoms with Gasteiger partial charge in [0.15, 0.2) is 0 Å². The van der Waals surface area contributed by atoms with Gasteiger partial charge >= 0.3 is 6.18 Å². The lowest BCUT2D eigenvalue weighted by atomic mass is 9.99. The second-order valence-corrected chi connectivity index (χ2v) is 5.77. The highest BCUT2D eigenvalue weighted by molar-refractivity contribution is 5.54. The maximum absolute atomic E-state index is 13.1. The molecule has 2 bridgehead atoms. The van der Waals surface area contributed by atoms with E-state index in [-0.39, 0.29) is 12.1 Å². The Labute approximate surface area is 116 Å². The van der Waals surface area contributed by atoms with Crippen LogP contribution in [0.4, 0.5) is 18.9 Å². The van der Waals surface area contributed by atoms with Crippen LogP contribution in [0.3, 0.4) is 0 Å². The fraction of sp³-hybridized carbons (Fsp3) is 0.600. The summed E-state index contributed by atoms with van der Waals surface area (Å²) in [5, 5.41) is 0. The Bertz CT molecular complexity index is 482. The SMILES string of the molecule is NCc1ccc(N2C3CCCC2CC3)cc1C(F)(F)F. The van der Waals surface area contributed by atoms with E-state index in [2.05, 4.69) is 4.90 Å². The monoisotopic (exact) mass is 284 g/mol. The Kier molecular flexibility index (Phi) is 3.40. The van der Waals surface area contributed by atoms with Crippen LogP contribution in [-0.2, 0) is 12.7 Å². The van der Waals surface area contributed by atoms with Gasteiger partial charge in [-0.05, 0) is 49.8 Å². The molecule has 2 aliphatic heterocycles. The fourth-order valence-electron chi connectivity index (χ4n) is 3.71. The summed E-state index contributed by atoms with van der Waals surface area (Å²) in [6, 6.07) is 5.45. The smallest absolute Gasteiger partial charge is 0.366 e. The lowest BCUT2D eigenvalue weighted by Gasteiger charge is -2.37. The normalized spacial score (nSPS) is 26.1. The number of nitrogens with zero attached hydrogens (tertiary/aromatic N) is 1. The quantitative estimate of drug-likeness (QED) is 0.897. The van der Waals surface area contributed by atoms with E-state index in [1.54, 1.807) is 6.07 Å². The number of hydrogen-bond donors (Lipinski definition) is 1. The van der Waals surface area contributed by atoms with Crippen molar-refractivity contribution < 1.29 is 13.2 Å². The van der Waals surface area contributed by atoms with Crippen LogP contribution in [0.15, 0.2) is 18.2 Å². The molecule has 3 rings (SSSR count). The highest BCUT2D eigenvalue weighted by Gasteiger charge is 2.38. The molecule has 2 nitrogen and oxygen atoms in total. The molecule has 5 heteroatoms. The predicted molar refractivity (Wildman–Crippen MR) is 72.5 cm³/mol. The number of halogens is 3. The molecule has 0 aromatic heterocycles. The molecule has 0 amide bonds. The maximum atomic E-state index is 13.1. The van der Waals surface area contributed by atoms with Gasteiger partial charge in [-0.2, -0.15) is 13.2 Å². The number of rotatable bonds is 2. The van der Waals surface area contributed by atoms with E-state index in [0.29, 0.717) is 17.8 Å². The largest absolute Gasteiger partial charge is 0.416 e. The Balaban J connectivity index is 1.99. The number of anilines is 1. The third-order valence-electron chi connectivity index (χ3n) is 4.61. The second-order valence-electron chi connectivity index (χ2n) is 5.77. The second kappa shape index (κ2) is 4.95. The topological polar surface area (TPSA) is 29.3 Å². The van der Waals surface area contributed by atoms with Crippen molar-refractivity contribution in [2.75, 3.05) is 4.90 Å². The van der Waals surface area contributed by atoms with Crippen LogP contribution in [-0.4, -0.2) is 12.1 Å². The predicted octanol–water partition coefficient (Wildman–Crippen LogP) is 3.69. The minimum Gasteiger partial charge on any atom is -0.366 e. The first kappa shape index (κ1) is 13.7. The van der Waals surface area contributed by atoms with Gasteiger partial charge in [0.25, 0.3) is 0 Å². The minimum atomic E-state index is -4.33. The lowest BCUT2D eigenvalue weighted by molar-refractivity contribution is -0.138. The zero-order chi connectivity index (χ0) is 14.3. The average Bonchev–Trinajstić information content (AvgIpc) is 2.66. The van der Waals surface area contributed by atoms with Gasteiger partial charge in [0.1, 0.15) is 0 Å². The number of hydrogen-bond acceptors (Lipinski definition) is 2. The van der Waals surface area contributed by atoms with Crippen molar-refractivity contribution in [2.24, 2.45) is 5.73 Å². The van der Waals surface area contributed by atoms with Gasteiger partial charge in [-0.25, -0.2) is 0 Å². The summed E-state index contributed by atoms with van der Waals surface area (Å²) in [5.74, 6) is 0. The molecule has 20 heavy (non-hydrogen) atoms. The highest BCUT2D eigenvalue weighted by atomic mass is 19.4. The van der Waals surface area contributed by atoms with Crippen molar-refractivity contribution in [3.63, 3.8) is 0 Å². The number of fused-ring (bicyclic) bond motifs is 2. The molecule has 0 saturated carbocycles. The van der Waals surface area contributed by atoms with Crippen molar-refractivity contribution in [2.45, 2.75) is 56.9 Å². The van der Waals surface area contributed by atoms with Gasteiger partial charge in [0.05, 0.1) is 5.56 Å². The van der Waals surface area contributed by atoms with Crippen LogP contribution in [0.2, 0.25) is 0 Å². The number of piperidine rings is 1. The van der Waals surface area contributed by atoms with Crippen molar-refractivity contribution in [1.82, 2.24) is 0 Å². The van der Waals surface area contributed by atoms with E-state index in [4.69, 9.17) is 5.73 Å². The zero-order valence-electron chi connectivity index (χ0n) is 11.3. The first-order valence-corrected chi connectivity index (χ1v) is 7.19. The summed E-state index contributed by atoms with van der Waals surface area (Å²) in [5.41, 5.74) is 5.73. The fourth-order valence-corrected chi connectivity index (χ4v) is 3.71. The summed E-state index contributed by atoms with van der Waals surface area (Å²) >= 11 is 0.